The summed E-state index contributed by atoms with van der Waals surface area (Å²) >= 11 is 7.36. The van der Waals surface area contributed by atoms with Crippen molar-refractivity contribution in [1.29, 1.82) is 0 Å². The molecule has 2 nitrogen and oxygen atoms in total. The standard InChI is InChI=1S/C13H10ClNOS/c14-9-4-5-10(15-7-9)12-6-8-2-1-3-11(16)13(8)17-12/h4-7H,1-3H2. The van der Waals surface area contributed by atoms with Crippen LogP contribution in [0.25, 0.3) is 10.6 Å². The lowest BCUT2D eigenvalue weighted by atomic mass is 9.98. The van der Waals surface area contributed by atoms with Crippen LogP contribution in [-0.2, 0) is 6.42 Å². The summed E-state index contributed by atoms with van der Waals surface area (Å²) < 4.78 is 0. The second-order valence-corrected chi connectivity index (χ2v) is 5.59. The third-order valence-corrected chi connectivity index (χ3v) is 4.36. The molecular weight excluding hydrogens is 254 g/mol. The maximum atomic E-state index is 11.8. The van der Waals surface area contributed by atoms with Crippen LogP contribution in [0.15, 0.2) is 24.4 Å². The van der Waals surface area contributed by atoms with E-state index in [0.29, 0.717) is 11.4 Å². The average Bonchev–Trinajstić information content (AvgIpc) is 2.75. The van der Waals surface area contributed by atoms with E-state index in [-0.39, 0.29) is 5.78 Å². The summed E-state index contributed by atoms with van der Waals surface area (Å²) in [5.41, 5.74) is 2.07. The van der Waals surface area contributed by atoms with E-state index < -0.39 is 0 Å². The molecular formula is C13H10ClNOS. The van der Waals surface area contributed by atoms with Gasteiger partial charge in [-0.3, -0.25) is 9.78 Å². The van der Waals surface area contributed by atoms with E-state index in [1.54, 1.807) is 17.5 Å². The highest BCUT2D eigenvalue weighted by atomic mass is 35.5. The van der Waals surface area contributed by atoms with Gasteiger partial charge in [-0.15, -0.1) is 11.3 Å². The number of hydrogen-bond donors (Lipinski definition) is 0. The van der Waals surface area contributed by atoms with Crippen molar-refractivity contribution in [2.24, 2.45) is 0 Å². The van der Waals surface area contributed by atoms with Gasteiger partial charge >= 0.3 is 0 Å². The van der Waals surface area contributed by atoms with Gasteiger partial charge in [-0.05, 0) is 36.6 Å². The Balaban J connectivity index is 2.05. The summed E-state index contributed by atoms with van der Waals surface area (Å²) in [6.45, 7) is 0. The molecule has 1 aliphatic carbocycles. The first-order valence-corrected chi connectivity index (χ1v) is 6.71. The average molecular weight is 264 g/mol. The Kier molecular flexibility index (Phi) is 2.73. The van der Waals surface area contributed by atoms with Gasteiger partial charge in [0.05, 0.1) is 20.5 Å². The van der Waals surface area contributed by atoms with Crippen molar-refractivity contribution in [1.82, 2.24) is 4.98 Å². The minimum Gasteiger partial charge on any atom is -0.293 e. The Morgan fingerprint density at radius 1 is 1.29 bits per heavy atom. The van der Waals surface area contributed by atoms with E-state index in [1.165, 1.54) is 5.56 Å². The van der Waals surface area contributed by atoms with Gasteiger partial charge in [0, 0.05) is 12.6 Å². The van der Waals surface area contributed by atoms with Crippen LogP contribution in [0.1, 0.15) is 28.1 Å². The molecule has 0 saturated heterocycles. The summed E-state index contributed by atoms with van der Waals surface area (Å²) in [4.78, 5) is 18.0. The number of aromatic nitrogens is 1. The molecule has 4 heteroatoms. The number of ketones is 1. The molecule has 3 rings (SSSR count). The molecule has 0 bridgehead atoms. The topological polar surface area (TPSA) is 30.0 Å². The van der Waals surface area contributed by atoms with Crippen molar-refractivity contribution in [2.45, 2.75) is 19.3 Å². The molecule has 1 aliphatic rings. The number of nitrogens with zero attached hydrogens (tertiary/aromatic N) is 1. The number of pyridine rings is 1. The van der Waals surface area contributed by atoms with E-state index in [1.807, 2.05) is 12.1 Å². The lowest BCUT2D eigenvalue weighted by Gasteiger charge is -2.07. The monoisotopic (exact) mass is 263 g/mol. The SMILES string of the molecule is O=C1CCCc2cc(-c3ccc(Cl)cn3)sc21. The molecule has 2 aromatic heterocycles. The van der Waals surface area contributed by atoms with Crippen LogP contribution in [-0.4, -0.2) is 10.8 Å². The molecule has 0 aromatic carbocycles. The van der Waals surface area contributed by atoms with E-state index in [0.717, 1.165) is 28.3 Å². The first-order chi connectivity index (χ1) is 8.24. The highest BCUT2D eigenvalue weighted by Crippen LogP contribution is 2.35. The summed E-state index contributed by atoms with van der Waals surface area (Å²) in [7, 11) is 0. The van der Waals surface area contributed by atoms with Crippen LogP contribution < -0.4 is 0 Å². The number of thiophene rings is 1. The first kappa shape index (κ1) is 10.9. The fraction of sp³-hybridized carbons (Fsp3) is 0.231. The third-order valence-electron chi connectivity index (χ3n) is 2.89. The largest absolute Gasteiger partial charge is 0.293 e. The minimum absolute atomic E-state index is 0.275. The van der Waals surface area contributed by atoms with Gasteiger partial charge in [0.25, 0.3) is 0 Å². The summed E-state index contributed by atoms with van der Waals surface area (Å²) in [6.07, 6.45) is 4.29. The number of Topliss-reactive ketones (excluding diaryl/α,β-unsaturated/α-hetero) is 1. The number of hydrogen-bond acceptors (Lipinski definition) is 3. The number of rotatable bonds is 1. The molecule has 0 atom stereocenters. The van der Waals surface area contributed by atoms with E-state index in [4.69, 9.17) is 11.6 Å². The molecule has 0 unspecified atom stereocenters. The molecule has 0 spiro atoms. The van der Waals surface area contributed by atoms with Gasteiger partial charge in [0.1, 0.15) is 0 Å². The molecule has 0 radical (unpaired) electrons. The number of fused-ring (bicyclic) bond motifs is 1. The van der Waals surface area contributed by atoms with Crippen molar-refractivity contribution in [3.05, 3.63) is 39.9 Å². The van der Waals surface area contributed by atoms with E-state index >= 15 is 0 Å². The number of aryl methyl sites for hydroxylation is 1. The number of carbonyl (C=O) groups excluding carboxylic acids is 1. The van der Waals surface area contributed by atoms with Crippen molar-refractivity contribution in [3.63, 3.8) is 0 Å². The second-order valence-electron chi connectivity index (χ2n) is 4.10. The highest BCUT2D eigenvalue weighted by Gasteiger charge is 2.21. The maximum absolute atomic E-state index is 11.8. The molecule has 2 aromatic rings. The predicted octanol–water partition coefficient (Wildman–Crippen LogP) is 3.98. The summed E-state index contributed by atoms with van der Waals surface area (Å²) in [5.74, 6) is 0.275. The van der Waals surface area contributed by atoms with Crippen LogP contribution in [0.3, 0.4) is 0 Å². The quantitative estimate of drug-likeness (QED) is 0.779. The molecule has 2 heterocycles. The highest BCUT2D eigenvalue weighted by molar-refractivity contribution is 7.17. The van der Waals surface area contributed by atoms with Gasteiger partial charge in [0.15, 0.2) is 5.78 Å². The fourth-order valence-corrected chi connectivity index (χ4v) is 3.32. The van der Waals surface area contributed by atoms with Crippen molar-refractivity contribution in [3.8, 4) is 10.6 Å². The molecule has 17 heavy (non-hydrogen) atoms. The predicted molar refractivity (Wildman–Crippen MR) is 69.8 cm³/mol. The number of halogens is 1. The van der Waals surface area contributed by atoms with Crippen molar-refractivity contribution in [2.75, 3.05) is 0 Å². The Morgan fingerprint density at radius 3 is 2.88 bits per heavy atom. The van der Waals surface area contributed by atoms with E-state index in [9.17, 15) is 4.79 Å². The van der Waals surface area contributed by atoms with Gasteiger partial charge in [-0.1, -0.05) is 11.6 Å². The lowest BCUT2D eigenvalue weighted by molar-refractivity contribution is 0.0977. The van der Waals surface area contributed by atoms with Crippen LogP contribution in [0.5, 0.6) is 0 Å². The Bertz CT molecular complexity index is 574. The third kappa shape index (κ3) is 2.01. The van der Waals surface area contributed by atoms with Crippen LogP contribution >= 0.6 is 22.9 Å². The smallest absolute Gasteiger partial charge is 0.173 e. The molecule has 0 aliphatic heterocycles. The van der Waals surface area contributed by atoms with Gasteiger partial charge in [-0.2, -0.15) is 0 Å². The van der Waals surface area contributed by atoms with Crippen molar-refractivity contribution >= 4 is 28.7 Å². The molecule has 0 N–H and O–H groups in total. The van der Waals surface area contributed by atoms with Crippen LogP contribution in [0.2, 0.25) is 5.02 Å². The van der Waals surface area contributed by atoms with Gasteiger partial charge < -0.3 is 0 Å². The molecule has 0 amide bonds. The second kappa shape index (κ2) is 4.24. The molecule has 86 valence electrons. The van der Waals surface area contributed by atoms with Crippen LogP contribution in [0, 0.1) is 0 Å². The summed E-state index contributed by atoms with van der Waals surface area (Å²) in [5, 5.41) is 0.631. The fourth-order valence-electron chi connectivity index (χ4n) is 2.05. The normalized spacial score (nSPS) is 14.8. The van der Waals surface area contributed by atoms with Gasteiger partial charge in [-0.25, -0.2) is 0 Å². The zero-order chi connectivity index (χ0) is 11.8. The molecule has 0 fully saturated rings. The van der Waals surface area contributed by atoms with Gasteiger partial charge in [0.2, 0.25) is 0 Å². The molecule has 0 saturated carbocycles. The zero-order valence-electron chi connectivity index (χ0n) is 9.07. The Hall–Kier alpha value is -1.19. The lowest BCUT2D eigenvalue weighted by Crippen LogP contribution is -2.06. The maximum Gasteiger partial charge on any atom is 0.173 e. The summed E-state index contributed by atoms with van der Waals surface area (Å²) in [6, 6.07) is 5.81. The first-order valence-electron chi connectivity index (χ1n) is 5.52. The zero-order valence-corrected chi connectivity index (χ0v) is 10.6. The van der Waals surface area contributed by atoms with Crippen LogP contribution in [0.4, 0.5) is 0 Å². The minimum atomic E-state index is 0.275. The van der Waals surface area contributed by atoms with E-state index in [2.05, 4.69) is 11.1 Å². The Labute approximate surface area is 108 Å². The van der Waals surface area contributed by atoms with Crippen molar-refractivity contribution < 1.29 is 4.79 Å². The number of carbonyl (C=O) groups is 1. The Morgan fingerprint density at radius 2 is 2.18 bits per heavy atom.